The summed E-state index contributed by atoms with van der Waals surface area (Å²) >= 11 is 0. The molecule has 0 aromatic heterocycles. The van der Waals surface area contributed by atoms with E-state index in [1.54, 1.807) is 0 Å². The van der Waals surface area contributed by atoms with E-state index in [0.29, 0.717) is 17.8 Å². The molecule has 0 bridgehead atoms. The second-order valence-electron chi connectivity index (χ2n) is 6.20. The number of hydrogen-bond acceptors (Lipinski definition) is 2. The molecule has 0 heterocycles. The first-order valence-electron chi connectivity index (χ1n) is 7.76. The first-order chi connectivity index (χ1) is 8.79. The maximum absolute atomic E-state index is 11.9. The summed E-state index contributed by atoms with van der Waals surface area (Å²) in [4.78, 5) is 11.9. The van der Waals surface area contributed by atoms with Crippen LogP contribution in [0.4, 0.5) is 0 Å². The van der Waals surface area contributed by atoms with E-state index in [9.17, 15) is 4.79 Å². The topological polar surface area (TPSA) is 55.1 Å². The number of nitrogens with two attached hydrogens (primary N) is 1. The highest BCUT2D eigenvalue weighted by molar-refractivity contribution is 5.76. The molecule has 0 spiro atoms. The summed E-state index contributed by atoms with van der Waals surface area (Å²) in [5.74, 6) is 2.17. The fourth-order valence-electron chi connectivity index (χ4n) is 3.66. The lowest BCUT2D eigenvalue weighted by Crippen LogP contribution is -2.37. The Kier molecular flexibility index (Phi) is 5.48. The van der Waals surface area contributed by atoms with E-state index in [-0.39, 0.29) is 5.91 Å². The maximum Gasteiger partial charge on any atom is 0.220 e. The first-order valence-corrected chi connectivity index (χ1v) is 7.76. The van der Waals surface area contributed by atoms with E-state index in [2.05, 4.69) is 5.32 Å². The number of hydrogen-bond donors (Lipinski definition) is 2. The van der Waals surface area contributed by atoms with Crippen molar-refractivity contribution >= 4 is 5.91 Å². The molecule has 2 fully saturated rings. The molecule has 2 rings (SSSR count). The number of rotatable bonds is 5. The van der Waals surface area contributed by atoms with Crippen molar-refractivity contribution in [2.24, 2.45) is 23.5 Å². The van der Waals surface area contributed by atoms with Gasteiger partial charge in [0.15, 0.2) is 0 Å². The number of amides is 1. The molecule has 2 unspecified atom stereocenters. The lowest BCUT2D eigenvalue weighted by Gasteiger charge is -2.30. The molecule has 2 aliphatic rings. The molecular weight excluding hydrogens is 224 g/mol. The summed E-state index contributed by atoms with van der Waals surface area (Å²) in [6.45, 7) is 1.64. The van der Waals surface area contributed by atoms with Crippen molar-refractivity contribution in [2.45, 2.75) is 57.8 Å². The van der Waals surface area contributed by atoms with Crippen LogP contribution in [0.5, 0.6) is 0 Å². The molecule has 2 atom stereocenters. The normalized spacial score (nSPS) is 29.4. The minimum absolute atomic E-state index is 0.267. The van der Waals surface area contributed by atoms with Crippen molar-refractivity contribution < 1.29 is 4.79 Å². The largest absolute Gasteiger partial charge is 0.356 e. The van der Waals surface area contributed by atoms with Gasteiger partial charge in [0.25, 0.3) is 0 Å². The third-order valence-corrected chi connectivity index (χ3v) is 4.88. The predicted molar refractivity (Wildman–Crippen MR) is 74.1 cm³/mol. The van der Waals surface area contributed by atoms with Gasteiger partial charge in [0, 0.05) is 13.0 Å². The SMILES string of the molecule is NCC1CCCCC1CNC(=O)CC1CCCC1. The Bertz CT molecular complexity index is 261. The van der Waals surface area contributed by atoms with Crippen LogP contribution in [-0.4, -0.2) is 19.0 Å². The van der Waals surface area contributed by atoms with Crippen molar-refractivity contribution in [3.05, 3.63) is 0 Å². The van der Waals surface area contributed by atoms with E-state index < -0.39 is 0 Å². The molecule has 0 aliphatic heterocycles. The Morgan fingerprint density at radius 3 is 2.28 bits per heavy atom. The monoisotopic (exact) mass is 252 g/mol. The fourth-order valence-corrected chi connectivity index (χ4v) is 3.66. The minimum Gasteiger partial charge on any atom is -0.356 e. The van der Waals surface area contributed by atoms with Gasteiger partial charge in [0.05, 0.1) is 0 Å². The average molecular weight is 252 g/mol. The van der Waals surface area contributed by atoms with Crippen molar-refractivity contribution in [1.29, 1.82) is 0 Å². The molecule has 3 N–H and O–H groups in total. The third kappa shape index (κ3) is 3.98. The Morgan fingerprint density at radius 1 is 1.00 bits per heavy atom. The molecule has 0 aromatic rings. The van der Waals surface area contributed by atoms with Crippen LogP contribution in [0.3, 0.4) is 0 Å². The van der Waals surface area contributed by atoms with Gasteiger partial charge >= 0.3 is 0 Å². The molecule has 18 heavy (non-hydrogen) atoms. The van der Waals surface area contributed by atoms with E-state index in [1.165, 1.54) is 51.4 Å². The van der Waals surface area contributed by atoms with E-state index in [4.69, 9.17) is 5.73 Å². The van der Waals surface area contributed by atoms with Gasteiger partial charge < -0.3 is 11.1 Å². The predicted octanol–water partition coefficient (Wildman–Crippen LogP) is 2.45. The van der Waals surface area contributed by atoms with Gasteiger partial charge in [-0.05, 0) is 50.0 Å². The molecule has 0 radical (unpaired) electrons. The molecule has 104 valence electrons. The lowest BCUT2D eigenvalue weighted by atomic mass is 9.79. The maximum atomic E-state index is 11.9. The minimum atomic E-state index is 0.267. The Morgan fingerprint density at radius 2 is 1.61 bits per heavy atom. The van der Waals surface area contributed by atoms with Crippen LogP contribution < -0.4 is 11.1 Å². The van der Waals surface area contributed by atoms with Gasteiger partial charge in [-0.1, -0.05) is 25.7 Å². The zero-order valence-electron chi connectivity index (χ0n) is 11.5. The molecule has 2 aliphatic carbocycles. The summed E-state index contributed by atoms with van der Waals surface area (Å²) in [6.07, 6.45) is 11.0. The summed E-state index contributed by atoms with van der Waals surface area (Å²) in [5, 5.41) is 3.15. The van der Waals surface area contributed by atoms with Gasteiger partial charge in [0.1, 0.15) is 0 Å². The highest BCUT2D eigenvalue weighted by Crippen LogP contribution is 2.29. The summed E-state index contributed by atoms with van der Waals surface area (Å²) < 4.78 is 0. The molecular formula is C15H28N2O. The second kappa shape index (κ2) is 7.13. The highest BCUT2D eigenvalue weighted by Gasteiger charge is 2.25. The quantitative estimate of drug-likeness (QED) is 0.789. The van der Waals surface area contributed by atoms with E-state index in [0.717, 1.165) is 19.5 Å². The van der Waals surface area contributed by atoms with E-state index in [1.807, 2.05) is 0 Å². The zero-order valence-corrected chi connectivity index (χ0v) is 11.5. The molecule has 2 saturated carbocycles. The van der Waals surface area contributed by atoms with Crippen LogP contribution >= 0.6 is 0 Å². The van der Waals surface area contributed by atoms with Gasteiger partial charge in [-0.2, -0.15) is 0 Å². The summed E-state index contributed by atoms with van der Waals surface area (Å²) in [7, 11) is 0. The van der Waals surface area contributed by atoms with Crippen LogP contribution in [0.25, 0.3) is 0 Å². The van der Waals surface area contributed by atoms with Crippen molar-refractivity contribution in [3.63, 3.8) is 0 Å². The zero-order chi connectivity index (χ0) is 12.8. The molecule has 1 amide bonds. The van der Waals surface area contributed by atoms with Crippen LogP contribution in [0.1, 0.15) is 57.8 Å². The smallest absolute Gasteiger partial charge is 0.220 e. The third-order valence-electron chi connectivity index (χ3n) is 4.88. The number of nitrogens with one attached hydrogen (secondary N) is 1. The lowest BCUT2D eigenvalue weighted by molar-refractivity contribution is -0.122. The Hall–Kier alpha value is -0.570. The van der Waals surface area contributed by atoms with Crippen molar-refractivity contribution in [3.8, 4) is 0 Å². The van der Waals surface area contributed by atoms with Crippen LogP contribution in [0, 0.1) is 17.8 Å². The molecule has 3 nitrogen and oxygen atoms in total. The van der Waals surface area contributed by atoms with Gasteiger partial charge in [-0.25, -0.2) is 0 Å². The Labute approximate surface area is 111 Å². The molecule has 0 saturated heterocycles. The van der Waals surface area contributed by atoms with Crippen molar-refractivity contribution in [1.82, 2.24) is 5.32 Å². The van der Waals surface area contributed by atoms with Gasteiger partial charge in [-0.3, -0.25) is 4.79 Å². The van der Waals surface area contributed by atoms with Gasteiger partial charge in [0.2, 0.25) is 5.91 Å². The number of carbonyl (C=O) groups is 1. The molecule has 3 heteroatoms. The average Bonchev–Trinajstić information content (AvgIpc) is 2.89. The van der Waals surface area contributed by atoms with E-state index >= 15 is 0 Å². The standard InChI is InChI=1S/C15H28N2O/c16-10-13-7-3-4-8-14(13)11-17-15(18)9-12-5-1-2-6-12/h12-14H,1-11,16H2,(H,17,18). The fraction of sp³-hybridized carbons (Fsp3) is 0.933. The Balaban J connectivity index is 1.67. The summed E-state index contributed by atoms with van der Waals surface area (Å²) in [6, 6.07) is 0. The number of carbonyl (C=O) groups excluding carboxylic acids is 1. The van der Waals surface area contributed by atoms with Crippen LogP contribution in [0.15, 0.2) is 0 Å². The van der Waals surface area contributed by atoms with Crippen LogP contribution in [-0.2, 0) is 4.79 Å². The first kappa shape index (κ1) is 13.9. The summed E-state index contributed by atoms with van der Waals surface area (Å²) in [5.41, 5.74) is 5.82. The molecule has 0 aromatic carbocycles. The van der Waals surface area contributed by atoms with Crippen molar-refractivity contribution in [2.75, 3.05) is 13.1 Å². The van der Waals surface area contributed by atoms with Gasteiger partial charge in [-0.15, -0.1) is 0 Å². The highest BCUT2D eigenvalue weighted by atomic mass is 16.1. The van der Waals surface area contributed by atoms with Crippen LogP contribution in [0.2, 0.25) is 0 Å². The second-order valence-corrected chi connectivity index (χ2v) is 6.20.